The summed E-state index contributed by atoms with van der Waals surface area (Å²) in [6.45, 7) is 7.56. The van der Waals surface area contributed by atoms with Gasteiger partial charge in [0.2, 0.25) is 0 Å². The van der Waals surface area contributed by atoms with E-state index in [2.05, 4.69) is 0 Å². The SMILES string of the molecule is CC(=O)/C(=C(\N)c1ccc(C)cc1)C(C)C. The first-order valence-corrected chi connectivity index (χ1v) is 5.51. The highest BCUT2D eigenvalue weighted by Crippen LogP contribution is 2.21. The lowest BCUT2D eigenvalue weighted by Gasteiger charge is -2.13. The molecule has 2 nitrogen and oxygen atoms in total. The topological polar surface area (TPSA) is 43.1 Å². The summed E-state index contributed by atoms with van der Waals surface area (Å²) in [6, 6.07) is 7.91. The van der Waals surface area contributed by atoms with Gasteiger partial charge in [0, 0.05) is 11.3 Å². The van der Waals surface area contributed by atoms with Crippen molar-refractivity contribution in [3.63, 3.8) is 0 Å². The van der Waals surface area contributed by atoms with Crippen LogP contribution in [-0.4, -0.2) is 5.78 Å². The zero-order chi connectivity index (χ0) is 12.3. The largest absolute Gasteiger partial charge is 0.398 e. The molecule has 1 aromatic rings. The average molecular weight is 217 g/mol. The van der Waals surface area contributed by atoms with Crippen molar-refractivity contribution in [3.8, 4) is 0 Å². The van der Waals surface area contributed by atoms with Gasteiger partial charge in [0.05, 0.1) is 0 Å². The molecule has 0 aliphatic carbocycles. The Balaban J connectivity index is 3.24. The number of hydrogen-bond donors (Lipinski definition) is 1. The number of allylic oxidation sites excluding steroid dienone is 1. The summed E-state index contributed by atoms with van der Waals surface area (Å²) >= 11 is 0. The summed E-state index contributed by atoms with van der Waals surface area (Å²) in [5, 5.41) is 0. The second kappa shape index (κ2) is 4.97. The lowest BCUT2D eigenvalue weighted by molar-refractivity contribution is -0.113. The Hall–Kier alpha value is -1.57. The molecule has 0 aromatic heterocycles. The maximum absolute atomic E-state index is 11.5. The zero-order valence-electron chi connectivity index (χ0n) is 10.4. The molecule has 2 N–H and O–H groups in total. The van der Waals surface area contributed by atoms with Crippen LogP contribution in [0.2, 0.25) is 0 Å². The van der Waals surface area contributed by atoms with E-state index in [4.69, 9.17) is 5.73 Å². The van der Waals surface area contributed by atoms with Crippen molar-refractivity contribution in [2.75, 3.05) is 0 Å². The van der Waals surface area contributed by atoms with Crippen molar-refractivity contribution < 1.29 is 4.79 Å². The van der Waals surface area contributed by atoms with Gasteiger partial charge in [-0.25, -0.2) is 0 Å². The first kappa shape index (κ1) is 12.5. The molecule has 0 radical (unpaired) electrons. The van der Waals surface area contributed by atoms with E-state index < -0.39 is 0 Å². The van der Waals surface area contributed by atoms with Crippen LogP contribution in [0.25, 0.3) is 5.70 Å². The molecule has 0 unspecified atom stereocenters. The first-order chi connectivity index (χ1) is 7.43. The van der Waals surface area contributed by atoms with Crippen LogP contribution in [0.5, 0.6) is 0 Å². The van der Waals surface area contributed by atoms with Crippen LogP contribution in [0.1, 0.15) is 31.9 Å². The van der Waals surface area contributed by atoms with E-state index in [1.165, 1.54) is 5.56 Å². The number of hydrogen-bond acceptors (Lipinski definition) is 2. The van der Waals surface area contributed by atoms with Gasteiger partial charge in [0.15, 0.2) is 5.78 Å². The molecule has 0 saturated heterocycles. The van der Waals surface area contributed by atoms with Crippen LogP contribution >= 0.6 is 0 Å². The molecule has 2 heteroatoms. The minimum absolute atomic E-state index is 0.0491. The Morgan fingerprint density at radius 2 is 1.69 bits per heavy atom. The number of rotatable bonds is 3. The van der Waals surface area contributed by atoms with Crippen molar-refractivity contribution in [3.05, 3.63) is 41.0 Å². The third-order valence-corrected chi connectivity index (χ3v) is 2.61. The predicted octanol–water partition coefficient (Wildman–Crippen LogP) is 2.91. The summed E-state index contributed by atoms with van der Waals surface area (Å²) in [6.07, 6.45) is 0. The van der Waals surface area contributed by atoms with Crippen LogP contribution < -0.4 is 5.73 Å². The molecule has 0 spiro atoms. The Morgan fingerprint density at radius 3 is 2.06 bits per heavy atom. The normalized spacial score (nSPS) is 12.6. The Bertz CT molecular complexity index is 413. The molecule has 0 atom stereocenters. The Kier molecular flexibility index (Phi) is 3.88. The minimum Gasteiger partial charge on any atom is -0.398 e. The fourth-order valence-electron chi connectivity index (χ4n) is 1.80. The summed E-state index contributed by atoms with van der Waals surface area (Å²) in [4.78, 5) is 11.5. The van der Waals surface area contributed by atoms with Gasteiger partial charge >= 0.3 is 0 Å². The molecular formula is C14H19NO. The van der Waals surface area contributed by atoms with E-state index in [-0.39, 0.29) is 11.7 Å². The zero-order valence-corrected chi connectivity index (χ0v) is 10.4. The van der Waals surface area contributed by atoms with Gasteiger partial charge in [0.25, 0.3) is 0 Å². The fourth-order valence-corrected chi connectivity index (χ4v) is 1.80. The van der Waals surface area contributed by atoms with Gasteiger partial charge in [-0.1, -0.05) is 43.7 Å². The van der Waals surface area contributed by atoms with Crippen molar-refractivity contribution >= 4 is 11.5 Å². The molecule has 0 bridgehead atoms. The summed E-state index contributed by atoms with van der Waals surface area (Å²) in [5.74, 6) is 0.201. The molecule has 0 aliphatic rings. The van der Waals surface area contributed by atoms with Crippen LogP contribution in [0.3, 0.4) is 0 Å². The van der Waals surface area contributed by atoms with Crippen LogP contribution in [0.4, 0.5) is 0 Å². The lowest BCUT2D eigenvalue weighted by atomic mass is 9.94. The number of carbonyl (C=O) groups excluding carboxylic acids is 1. The van der Waals surface area contributed by atoms with Crippen LogP contribution in [-0.2, 0) is 4.79 Å². The van der Waals surface area contributed by atoms with E-state index in [0.717, 1.165) is 5.56 Å². The molecule has 86 valence electrons. The third kappa shape index (κ3) is 2.72. The molecule has 0 heterocycles. The van der Waals surface area contributed by atoms with Gasteiger partial charge in [-0.2, -0.15) is 0 Å². The number of nitrogens with two attached hydrogens (primary N) is 1. The fraction of sp³-hybridized carbons (Fsp3) is 0.357. The molecular weight excluding hydrogens is 198 g/mol. The molecule has 16 heavy (non-hydrogen) atoms. The molecule has 0 amide bonds. The number of ketones is 1. The maximum atomic E-state index is 11.5. The molecule has 0 fully saturated rings. The van der Waals surface area contributed by atoms with E-state index in [0.29, 0.717) is 11.3 Å². The highest BCUT2D eigenvalue weighted by atomic mass is 16.1. The lowest BCUT2D eigenvalue weighted by Crippen LogP contribution is -2.12. The minimum atomic E-state index is 0.0491. The average Bonchev–Trinajstić information content (AvgIpc) is 2.17. The van der Waals surface area contributed by atoms with Crippen LogP contribution in [0, 0.1) is 12.8 Å². The monoisotopic (exact) mass is 217 g/mol. The van der Waals surface area contributed by atoms with E-state index in [1.54, 1.807) is 6.92 Å². The smallest absolute Gasteiger partial charge is 0.158 e. The quantitative estimate of drug-likeness (QED) is 0.791. The number of Topliss-reactive ketones (excluding diaryl/α,β-unsaturated/α-hetero) is 1. The van der Waals surface area contributed by atoms with Gasteiger partial charge in [0.1, 0.15) is 0 Å². The van der Waals surface area contributed by atoms with Gasteiger partial charge < -0.3 is 5.73 Å². The Labute approximate surface area is 97.2 Å². The highest BCUT2D eigenvalue weighted by molar-refractivity contribution is 6.00. The Morgan fingerprint density at radius 1 is 1.19 bits per heavy atom. The van der Waals surface area contributed by atoms with Crippen LogP contribution in [0.15, 0.2) is 29.8 Å². The van der Waals surface area contributed by atoms with Gasteiger partial charge in [-0.05, 0) is 25.3 Å². The van der Waals surface area contributed by atoms with Gasteiger partial charge in [-0.15, -0.1) is 0 Å². The standard InChI is InChI=1S/C14H19NO/c1-9(2)13(11(4)16)14(15)12-7-5-10(3)6-8-12/h5-9H,15H2,1-4H3/b14-13-. The second-order valence-electron chi connectivity index (χ2n) is 4.40. The molecule has 0 saturated carbocycles. The number of aryl methyl sites for hydroxylation is 1. The summed E-state index contributed by atoms with van der Waals surface area (Å²) < 4.78 is 0. The second-order valence-corrected chi connectivity index (χ2v) is 4.40. The molecule has 0 aliphatic heterocycles. The maximum Gasteiger partial charge on any atom is 0.158 e. The van der Waals surface area contributed by atoms with Crippen molar-refractivity contribution in [2.24, 2.45) is 11.7 Å². The van der Waals surface area contributed by atoms with Gasteiger partial charge in [-0.3, -0.25) is 4.79 Å². The van der Waals surface area contributed by atoms with E-state index in [1.807, 2.05) is 45.0 Å². The number of carbonyl (C=O) groups is 1. The summed E-state index contributed by atoms with van der Waals surface area (Å²) in [5.41, 5.74) is 9.47. The van der Waals surface area contributed by atoms with E-state index >= 15 is 0 Å². The van der Waals surface area contributed by atoms with Crippen molar-refractivity contribution in [1.82, 2.24) is 0 Å². The van der Waals surface area contributed by atoms with E-state index in [9.17, 15) is 4.79 Å². The summed E-state index contributed by atoms with van der Waals surface area (Å²) in [7, 11) is 0. The first-order valence-electron chi connectivity index (χ1n) is 5.51. The molecule has 1 aromatic carbocycles. The third-order valence-electron chi connectivity index (χ3n) is 2.61. The number of benzene rings is 1. The van der Waals surface area contributed by atoms with Crippen molar-refractivity contribution in [1.29, 1.82) is 0 Å². The molecule has 1 rings (SSSR count). The predicted molar refractivity (Wildman–Crippen MR) is 67.8 cm³/mol. The highest BCUT2D eigenvalue weighted by Gasteiger charge is 2.14. The van der Waals surface area contributed by atoms with Crippen molar-refractivity contribution in [2.45, 2.75) is 27.7 Å².